The summed E-state index contributed by atoms with van der Waals surface area (Å²) < 4.78 is 0. The minimum atomic E-state index is 0.279. The van der Waals surface area contributed by atoms with Crippen LogP contribution in [0, 0.1) is 5.92 Å². The lowest BCUT2D eigenvalue weighted by Crippen LogP contribution is -2.56. The molecule has 5 nitrogen and oxygen atoms in total. The lowest BCUT2D eigenvalue weighted by atomic mass is 9.99. The minimum absolute atomic E-state index is 0.279. The van der Waals surface area contributed by atoms with Gasteiger partial charge in [-0.15, -0.1) is 0 Å². The van der Waals surface area contributed by atoms with E-state index in [9.17, 15) is 4.79 Å². The topological polar surface area (TPSA) is 38.8 Å². The molecular weight excluding hydrogens is 252 g/mol. The van der Waals surface area contributed by atoms with Crippen molar-refractivity contribution in [3.8, 4) is 0 Å². The highest BCUT2D eigenvalue weighted by atomic mass is 16.2. The summed E-state index contributed by atoms with van der Waals surface area (Å²) in [5.41, 5.74) is 0. The Morgan fingerprint density at radius 2 is 1.60 bits per heavy atom. The first kappa shape index (κ1) is 14.1. The summed E-state index contributed by atoms with van der Waals surface area (Å²) in [7, 11) is 0. The Kier molecular flexibility index (Phi) is 4.46. The van der Waals surface area contributed by atoms with E-state index in [1.54, 1.807) is 0 Å². The molecule has 5 heteroatoms. The summed E-state index contributed by atoms with van der Waals surface area (Å²) in [5, 5.41) is 3.43. The van der Waals surface area contributed by atoms with Gasteiger partial charge in [0.25, 0.3) is 0 Å². The highest BCUT2D eigenvalue weighted by Gasteiger charge is 2.30. The molecule has 1 N–H and O–H groups in total. The molecule has 0 radical (unpaired) electrons. The van der Waals surface area contributed by atoms with E-state index in [4.69, 9.17) is 0 Å². The van der Waals surface area contributed by atoms with Crippen molar-refractivity contribution in [2.24, 2.45) is 5.92 Å². The third kappa shape index (κ3) is 3.09. The number of likely N-dealkylation sites (tertiary alicyclic amines) is 1. The number of carbonyl (C=O) groups excluding carboxylic acids is 1. The van der Waals surface area contributed by atoms with E-state index in [0.29, 0.717) is 6.04 Å². The summed E-state index contributed by atoms with van der Waals surface area (Å²) >= 11 is 0. The maximum atomic E-state index is 12.5. The van der Waals surface area contributed by atoms with Crippen LogP contribution in [0.25, 0.3) is 0 Å². The van der Waals surface area contributed by atoms with E-state index >= 15 is 0 Å². The average Bonchev–Trinajstić information content (AvgIpc) is 3.02. The van der Waals surface area contributed by atoms with Crippen LogP contribution in [0.5, 0.6) is 0 Å². The predicted molar refractivity (Wildman–Crippen MR) is 79.8 cm³/mol. The van der Waals surface area contributed by atoms with Gasteiger partial charge in [0, 0.05) is 51.9 Å². The van der Waals surface area contributed by atoms with Gasteiger partial charge < -0.3 is 15.1 Å². The molecule has 114 valence electrons. The number of nitrogens with one attached hydrogen (secondary N) is 1. The van der Waals surface area contributed by atoms with Gasteiger partial charge in [0.05, 0.1) is 0 Å². The molecule has 0 aromatic heterocycles. The number of piperidine rings is 1. The monoisotopic (exact) mass is 280 g/mol. The van der Waals surface area contributed by atoms with E-state index in [0.717, 1.165) is 58.3 Å². The molecule has 3 saturated heterocycles. The minimum Gasteiger partial charge on any atom is -0.325 e. The maximum Gasteiger partial charge on any atom is 0.320 e. The Balaban J connectivity index is 1.46. The molecule has 3 fully saturated rings. The third-order valence-corrected chi connectivity index (χ3v) is 5.19. The van der Waals surface area contributed by atoms with Gasteiger partial charge in [-0.05, 0) is 31.7 Å². The Bertz CT molecular complexity index is 327. The Morgan fingerprint density at radius 3 is 2.20 bits per heavy atom. The summed E-state index contributed by atoms with van der Waals surface area (Å²) in [6, 6.07) is 0.976. The van der Waals surface area contributed by atoms with Gasteiger partial charge in [0.15, 0.2) is 0 Å². The standard InChI is InChI=1S/C15H28N4O/c1-13-3-6-18(7-4-13)15(20)19-10-8-17(9-11-19)14-2-5-16-12-14/h13-14,16H,2-12H2,1H3. The molecule has 1 atom stereocenters. The second kappa shape index (κ2) is 6.31. The van der Waals surface area contributed by atoms with Gasteiger partial charge in [-0.25, -0.2) is 4.79 Å². The van der Waals surface area contributed by atoms with Gasteiger partial charge >= 0.3 is 6.03 Å². The number of urea groups is 1. The van der Waals surface area contributed by atoms with Crippen LogP contribution in [-0.2, 0) is 0 Å². The molecule has 2 amide bonds. The molecule has 0 aromatic carbocycles. The second-order valence-electron chi connectivity index (χ2n) is 6.62. The van der Waals surface area contributed by atoms with Crippen molar-refractivity contribution in [2.75, 3.05) is 52.4 Å². The van der Waals surface area contributed by atoms with E-state index in [1.165, 1.54) is 19.3 Å². The van der Waals surface area contributed by atoms with Crippen molar-refractivity contribution in [1.29, 1.82) is 0 Å². The van der Waals surface area contributed by atoms with Gasteiger partial charge in [-0.2, -0.15) is 0 Å². The van der Waals surface area contributed by atoms with Crippen molar-refractivity contribution < 1.29 is 4.79 Å². The molecule has 20 heavy (non-hydrogen) atoms. The first-order valence-electron chi connectivity index (χ1n) is 8.22. The smallest absolute Gasteiger partial charge is 0.320 e. The molecular formula is C15H28N4O. The lowest BCUT2D eigenvalue weighted by molar-refractivity contribution is 0.0879. The zero-order valence-corrected chi connectivity index (χ0v) is 12.7. The molecule has 0 aromatic rings. The van der Waals surface area contributed by atoms with Crippen LogP contribution < -0.4 is 5.32 Å². The van der Waals surface area contributed by atoms with Gasteiger partial charge in [0.1, 0.15) is 0 Å². The highest BCUT2D eigenvalue weighted by Crippen LogP contribution is 2.18. The van der Waals surface area contributed by atoms with Gasteiger partial charge in [-0.1, -0.05) is 6.92 Å². The van der Waals surface area contributed by atoms with E-state index < -0.39 is 0 Å². The first-order chi connectivity index (χ1) is 9.74. The fraction of sp³-hybridized carbons (Fsp3) is 0.933. The Hall–Kier alpha value is -0.810. The van der Waals surface area contributed by atoms with Crippen molar-refractivity contribution >= 4 is 6.03 Å². The average molecular weight is 280 g/mol. The van der Waals surface area contributed by atoms with Crippen molar-refractivity contribution in [3.63, 3.8) is 0 Å². The van der Waals surface area contributed by atoms with Gasteiger partial charge in [0.2, 0.25) is 0 Å². The predicted octanol–water partition coefficient (Wildman–Crippen LogP) is 0.818. The van der Waals surface area contributed by atoms with E-state index in [2.05, 4.69) is 26.9 Å². The van der Waals surface area contributed by atoms with Crippen LogP contribution in [0.3, 0.4) is 0 Å². The number of amides is 2. The molecule has 3 aliphatic rings. The molecule has 1 unspecified atom stereocenters. The van der Waals surface area contributed by atoms with Crippen molar-refractivity contribution in [2.45, 2.75) is 32.2 Å². The summed E-state index contributed by atoms with van der Waals surface area (Å²) in [6.45, 7) is 10.4. The molecule has 0 spiro atoms. The number of carbonyl (C=O) groups is 1. The number of nitrogens with zero attached hydrogens (tertiary/aromatic N) is 3. The summed E-state index contributed by atoms with van der Waals surface area (Å²) in [5.74, 6) is 0.783. The quantitative estimate of drug-likeness (QED) is 0.773. The SMILES string of the molecule is CC1CCN(C(=O)N2CCN(C3CCNC3)CC2)CC1. The first-order valence-corrected chi connectivity index (χ1v) is 8.22. The number of hydrogen-bond acceptors (Lipinski definition) is 3. The van der Waals surface area contributed by atoms with Crippen molar-refractivity contribution in [3.05, 3.63) is 0 Å². The van der Waals surface area contributed by atoms with E-state index in [-0.39, 0.29) is 6.03 Å². The summed E-state index contributed by atoms with van der Waals surface area (Å²) in [4.78, 5) is 19.2. The number of hydrogen-bond donors (Lipinski definition) is 1. The molecule has 0 bridgehead atoms. The van der Waals surface area contributed by atoms with Crippen LogP contribution in [0.2, 0.25) is 0 Å². The molecule has 3 aliphatic heterocycles. The summed E-state index contributed by atoms with van der Waals surface area (Å²) in [6.07, 6.45) is 3.59. The zero-order chi connectivity index (χ0) is 13.9. The Labute approximate surface area is 122 Å². The van der Waals surface area contributed by atoms with Crippen LogP contribution in [0.1, 0.15) is 26.2 Å². The fourth-order valence-corrected chi connectivity index (χ4v) is 3.63. The third-order valence-electron chi connectivity index (χ3n) is 5.19. The highest BCUT2D eigenvalue weighted by molar-refractivity contribution is 5.74. The number of piperazine rings is 1. The van der Waals surface area contributed by atoms with E-state index in [1.807, 2.05) is 0 Å². The van der Waals surface area contributed by atoms with Crippen LogP contribution in [0.15, 0.2) is 0 Å². The lowest BCUT2D eigenvalue weighted by Gasteiger charge is -2.41. The second-order valence-corrected chi connectivity index (χ2v) is 6.62. The fourth-order valence-electron chi connectivity index (χ4n) is 3.63. The Morgan fingerprint density at radius 1 is 0.950 bits per heavy atom. The maximum absolute atomic E-state index is 12.5. The van der Waals surface area contributed by atoms with Crippen LogP contribution in [-0.4, -0.2) is 79.1 Å². The van der Waals surface area contributed by atoms with Crippen LogP contribution >= 0.6 is 0 Å². The van der Waals surface area contributed by atoms with Gasteiger partial charge in [-0.3, -0.25) is 4.90 Å². The molecule has 3 heterocycles. The molecule has 3 rings (SSSR count). The zero-order valence-electron chi connectivity index (χ0n) is 12.7. The largest absolute Gasteiger partial charge is 0.325 e. The van der Waals surface area contributed by atoms with Crippen LogP contribution in [0.4, 0.5) is 4.79 Å². The number of rotatable bonds is 1. The van der Waals surface area contributed by atoms with Crippen molar-refractivity contribution in [1.82, 2.24) is 20.0 Å². The normalized spacial score (nSPS) is 29.9. The molecule has 0 saturated carbocycles. The molecule has 0 aliphatic carbocycles.